The number of urea groups is 1. The fraction of sp³-hybridized carbons (Fsp3) is 0.400. The molecule has 1 aromatic rings. The van der Waals surface area contributed by atoms with Crippen molar-refractivity contribution >= 4 is 6.03 Å². The highest BCUT2D eigenvalue weighted by atomic mass is 16.2. The third kappa shape index (κ3) is 3.05. The maximum Gasteiger partial charge on any atom is 0.315 e. The Labute approximate surface area is 83.7 Å². The number of nitrogens with one attached hydrogen (secondary N) is 2. The molecular weight excluding hydrogens is 178 g/mol. The van der Waals surface area contributed by atoms with Crippen LogP contribution in [-0.4, -0.2) is 17.6 Å². The molecule has 0 bridgehead atoms. The summed E-state index contributed by atoms with van der Waals surface area (Å²) < 4.78 is 0. The van der Waals surface area contributed by atoms with E-state index >= 15 is 0 Å². The van der Waals surface area contributed by atoms with Gasteiger partial charge in [0.1, 0.15) is 0 Å². The van der Waals surface area contributed by atoms with Crippen LogP contribution in [0.25, 0.3) is 0 Å². The highest BCUT2D eigenvalue weighted by molar-refractivity contribution is 5.73. The number of hydrogen-bond acceptors (Lipinski definition) is 2. The minimum absolute atomic E-state index is 0.155. The molecule has 4 nitrogen and oxygen atoms in total. The molecule has 2 amide bonds. The number of amides is 2. The lowest BCUT2D eigenvalue weighted by Gasteiger charge is -2.06. The van der Waals surface area contributed by atoms with Gasteiger partial charge in [-0.05, 0) is 25.5 Å². The maximum absolute atomic E-state index is 11.1. The molecule has 76 valence electrons. The van der Waals surface area contributed by atoms with Crippen molar-refractivity contribution in [3.8, 4) is 0 Å². The summed E-state index contributed by atoms with van der Waals surface area (Å²) in [5.74, 6) is 0. The number of aryl methyl sites for hydroxylation is 1. The van der Waals surface area contributed by atoms with Gasteiger partial charge in [0.25, 0.3) is 0 Å². The molecule has 1 aromatic heterocycles. The van der Waals surface area contributed by atoms with Gasteiger partial charge in [-0.2, -0.15) is 0 Å². The Morgan fingerprint density at radius 3 is 2.93 bits per heavy atom. The fourth-order valence-corrected chi connectivity index (χ4v) is 1.09. The maximum atomic E-state index is 11.1. The van der Waals surface area contributed by atoms with Crippen LogP contribution in [-0.2, 0) is 6.54 Å². The van der Waals surface area contributed by atoms with Crippen LogP contribution in [0.3, 0.4) is 0 Å². The van der Waals surface area contributed by atoms with Crippen molar-refractivity contribution < 1.29 is 4.79 Å². The first-order chi connectivity index (χ1) is 6.74. The van der Waals surface area contributed by atoms with Crippen molar-refractivity contribution in [1.82, 2.24) is 15.6 Å². The topological polar surface area (TPSA) is 54.0 Å². The first kappa shape index (κ1) is 10.5. The van der Waals surface area contributed by atoms with E-state index in [0.717, 1.165) is 11.3 Å². The van der Waals surface area contributed by atoms with E-state index in [1.54, 1.807) is 6.20 Å². The van der Waals surface area contributed by atoms with E-state index < -0.39 is 0 Å². The van der Waals surface area contributed by atoms with Gasteiger partial charge in [-0.3, -0.25) is 4.98 Å². The number of aromatic nitrogens is 1. The second kappa shape index (κ2) is 5.21. The first-order valence-corrected chi connectivity index (χ1v) is 4.66. The molecule has 0 aromatic carbocycles. The van der Waals surface area contributed by atoms with Crippen LogP contribution in [0.1, 0.15) is 18.2 Å². The number of pyridine rings is 1. The molecule has 0 saturated carbocycles. The van der Waals surface area contributed by atoms with Gasteiger partial charge in [0.05, 0.1) is 12.2 Å². The Kier molecular flexibility index (Phi) is 3.91. The molecule has 1 heterocycles. The summed E-state index contributed by atoms with van der Waals surface area (Å²) in [5, 5.41) is 5.39. The molecule has 0 spiro atoms. The van der Waals surface area contributed by atoms with E-state index in [2.05, 4.69) is 15.6 Å². The summed E-state index contributed by atoms with van der Waals surface area (Å²) in [6.45, 7) is 4.96. The van der Waals surface area contributed by atoms with E-state index in [1.165, 1.54) is 0 Å². The lowest BCUT2D eigenvalue weighted by atomic mass is 10.2. The quantitative estimate of drug-likeness (QED) is 0.758. The van der Waals surface area contributed by atoms with Crippen molar-refractivity contribution in [3.63, 3.8) is 0 Å². The van der Waals surface area contributed by atoms with Crippen LogP contribution in [0.2, 0.25) is 0 Å². The molecule has 0 aliphatic heterocycles. The van der Waals surface area contributed by atoms with Crippen LogP contribution in [0.15, 0.2) is 18.3 Å². The summed E-state index contributed by atoms with van der Waals surface area (Å²) in [6, 6.07) is 3.70. The van der Waals surface area contributed by atoms with Gasteiger partial charge in [-0.15, -0.1) is 0 Å². The second-order valence-electron chi connectivity index (χ2n) is 2.98. The summed E-state index contributed by atoms with van der Waals surface area (Å²) in [6.07, 6.45) is 1.72. The van der Waals surface area contributed by atoms with E-state index in [4.69, 9.17) is 0 Å². The normalized spacial score (nSPS) is 9.57. The van der Waals surface area contributed by atoms with Crippen LogP contribution < -0.4 is 10.6 Å². The Hall–Kier alpha value is -1.58. The van der Waals surface area contributed by atoms with Gasteiger partial charge in [0, 0.05) is 12.7 Å². The zero-order valence-electron chi connectivity index (χ0n) is 8.50. The Morgan fingerprint density at radius 2 is 2.29 bits per heavy atom. The van der Waals surface area contributed by atoms with Gasteiger partial charge in [-0.25, -0.2) is 4.79 Å². The number of carbonyl (C=O) groups is 1. The second-order valence-corrected chi connectivity index (χ2v) is 2.98. The lowest BCUT2D eigenvalue weighted by Crippen LogP contribution is -2.35. The first-order valence-electron chi connectivity index (χ1n) is 4.66. The predicted molar refractivity (Wildman–Crippen MR) is 54.9 cm³/mol. The predicted octanol–water partition coefficient (Wildman–Crippen LogP) is 1.21. The SMILES string of the molecule is CCNC(=O)NCc1ncccc1C. The standard InChI is InChI=1S/C10H15N3O/c1-3-11-10(14)13-7-9-8(2)5-4-6-12-9/h4-6H,3,7H2,1-2H3,(H2,11,13,14). The third-order valence-electron chi connectivity index (χ3n) is 1.87. The van der Waals surface area contributed by atoms with E-state index in [0.29, 0.717) is 13.1 Å². The molecule has 0 radical (unpaired) electrons. The Morgan fingerprint density at radius 1 is 1.50 bits per heavy atom. The van der Waals surface area contributed by atoms with Gasteiger partial charge in [0.2, 0.25) is 0 Å². The zero-order chi connectivity index (χ0) is 10.4. The highest BCUT2D eigenvalue weighted by Crippen LogP contribution is 2.01. The Balaban J connectivity index is 2.46. The number of rotatable bonds is 3. The van der Waals surface area contributed by atoms with Crippen molar-refractivity contribution in [3.05, 3.63) is 29.6 Å². The number of carbonyl (C=O) groups excluding carboxylic acids is 1. The molecule has 14 heavy (non-hydrogen) atoms. The summed E-state index contributed by atoms with van der Waals surface area (Å²) in [4.78, 5) is 15.2. The van der Waals surface area contributed by atoms with Crippen LogP contribution >= 0.6 is 0 Å². The lowest BCUT2D eigenvalue weighted by molar-refractivity contribution is 0.241. The molecule has 0 fully saturated rings. The fourth-order valence-electron chi connectivity index (χ4n) is 1.09. The molecule has 0 aliphatic carbocycles. The Bertz CT molecular complexity index is 312. The summed E-state index contributed by atoms with van der Waals surface area (Å²) >= 11 is 0. The van der Waals surface area contributed by atoms with Gasteiger partial charge >= 0.3 is 6.03 Å². The minimum Gasteiger partial charge on any atom is -0.338 e. The van der Waals surface area contributed by atoms with Gasteiger partial charge in [-0.1, -0.05) is 6.07 Å². The number of nitrogens with zero attached hydrogens (tertiary/aromatic N) is 1. The van der Waals surface area contributed by atoms with Crippen LogP contribution in [0, 0.1) is 6.92 Å². The average Bonchev–Trinajstić information content (AvgIpc) is 2.17. The molecule has 0 saturated heterocycles. The van der Waals surface area contributed by atoms with Crippen molar-refractivity contribution in [2.45, 2.75) is 20.4 Å². The van der Waals surface area contributed by atoms with Gasteiger partial charge < -0.3 is 10.6 Å². The molecule has 1 rings (SSSR count). The summed E-state index contributed by atoms with van der Waals surface area (Å²) in [7, 11) is 0. The largest absolute Gasteiger partial charge is 0.338 e. The average molecular weight is 193 g/mol. The monoisotopic (exact) mass is 193 g/mol. The van der Waals surface area contributed by atoms with E-state index in [1.807, 2.05) is 26.0 Å². The molecule has 0 aliphatic rings. The van der Waals surface area contributed by atoms with Crippen LogP contribution in [0.4, 0.5) is 4.79 Å². The van der Waals surface area contributed by atoms with Crippen LogP contribution in [0.5, 0.6) is 0 Å². The molecule has 0 atom stereocenters. The highest BCUT2D eigenvalue weighted by Gasteiger charge is 2.01. The van der Waals surface area contributed by atoms with Crippen molar-refractivity contribution in [2.24, 2.45) is 0 Å². The van der Waals surface area contributed by atoms with Gasteiger partial charge in [0.15, 0.2) is 0 Å². The molecular formula is C10H15N3O. The molecule has 2 N–H and O–H groups in total. The minimum atomic E-state index is -0.155. The zero-order valence-corrected chi connectivity index (χ0v) is 8.50. The number of hydrogen-bond donors (Lipinski definition) is 2. The van der Waals surface area contributed by atoms with Crippen molar-refractivity contribution in [1.29, 1.82) is 0 Å². The molecule has 4 heteroatoms. The summed E-state index contributed by atoms with van der Waals surface area (Å²) in [5.41, 5.74) is 1.99. The van der Waals surface area contributed by atoms with Crippen molar-refractivity contribution in [2.75, 3.05) is 6.54 Å². The third-order valence-corrected chi connectivity index (χ3v) is 1.87. The smallest absolute Gasteiger partial charge is 0.315 e. The van der Waals surface area contributed by atoms with E-state index in [-0.39, 0.29) is 6.03 Å². The molecule has 0 unspecified atom stereocenters. The van der Waals surface area contributed by atoms with E-state index in [9.17, 15) is 4.79 Å².